The Morgan fingerprint density at radius 2 is 1.96 bits per heavy atom. The summed E-state index contributed by atoms with van der Waals surface area (Å²) in [4.78, 5) is 24.2. The minimum absolute atomic E-state index is 0.518. The largest absolute Gasteiger partial charge is 0.490 e. The molecule has 1 aromatic heterocycles. The second-order valence-electron chi connectivity index (χ2n) is 4.01. The molecule has 11 heteroatoms. The molecule has 1 atom stereocenters. The first-order valence-corrected chi connectivity index (χ1v) is 7.02. The molecule has 1 amide bonds. The zero-order valence-electron chi connectivity index (χ0n) is 11.3. The lowest BCUT2D eigenvalue weighted by Crippen LogP contribution is -2.21. The third kappa shape index (κ3) is 5.99. The minimum atomic E-state index is -5.08. The number of anilines is 1. The van der Waals surface area contributed by atoms with Crippen molar-refractivity contribution in [3.8, 4) is 0 Å². The molecular formula is C12H9ClF4N2O3S. The summed E-state index contributed by atoms with van der Waals surface area (Å²) in [5, 5.41) is 10.4. The molecule has 23 heavy (non-hydrogen) atoms. The fraction of sp³-hybridized carbons (Fsp3) is 0.250. The third-order valence-electron chi connectivity index (χ3n) is 2.20. The quantitative estimate of drug-likeness (QED) is 0.622. The van der Waals surface area contributed by atoms with Gasteiger partial charge in [0.2, 0.25) is 0 Å². The van der Waals surface area contributed by atoms with E-state index in [4.69, 9.17) is 21.5 Å². The third-order valence-corrected chi connectivity index (χ3v) is 3.34. The van der Waals surface area contributed by atoms with Crippen molar-refractivity contribution in [1.29, 1.82) is 0 Å². The summed E-state index contributed by atoms with van der Waals surface area (Å²) in [5.41, 5.74) is -0.647. The van der Waals surface area contributed by atoms with Crippen LogP contribution in [0.3, 0.4) is 0 Å². The molecule has 0 aliphatic heterocycles. The Balaban J connectivity index is 0.000000322. The van der Waals surface area contributed by atoms with Crippen LogP contribution < -0.4 is 5.32 Å². The van der Waals surface area contributed by atoms with E-state index >= 15 is 0 Å². The van der Waals surface area contributed by atoms with Crippen molar-refractivity contribution in [3.63, 3.8) is 0 Å². The van der Waals surface area contributed by atoms with Gasteiger partial charge < -0.3 is 10.4 Å². The highest BCUT2D eigenvalue weighted by Gasteiger charge is 2.38. The molecule has 126 valence electrons. The molecule has 0 radical (unpaired) electrons. The number of hydrogen-bond acceptors (Lipinski definition) is 4. The number of carboxylic acid groups (broad SMARTS) is 1. The molecule has 1 heterocycles. The number of amides is 1. The normalized spacial score (nSPS) is 12.3. The van der Waals surface area contributed by atoms with Gasteiger partial charge in [0.25, 0.3) is 11.5 Å². The van der Waals surface area contributed by atoms with Crippen molar-refractivity contribution < 1.29 is 32.3 Å². The van der Waals surface area contributed by atoms with Gasteiger partial charge in [0, 0.05) is 5.69 Å². The average molecular weight is 373 g/mol. The number of carbonyl (C=O) groups is 2. The van der Waals surface area contributed by atoms with Crippen LogP contribution in [0.2, 0.25) is 0 Å². The van der Waals surface area contributed by atoms with E-state index in [9.17, 15) is 22.4 Å². The molecule has 0 saturated heterocycles. The number of aryl methyl sites for hydroxylation is 1. The number of thiazole rings is 1. The highest BCUT2D eigenvalue weighted by molar-refractivity contribution is 7.18. The zero-order chi connectivity index (χ0) is 17.8. The van der Waals surface area contributed by atoms with E-state index in [1.165, 1.54) is 11.3 Å². The van der Waals surface area contributed by atoms with Crippen molar-refractivity contribution in [3.05, 3.63) is 23.2 Å². The van der Waals surface area contributed by atoms with E-state index in [1.807, 2.05) is 6.92 Å². The molecule has 2 aromatic rings. The average Bonchev–Trinajstić information content (AvgIpc) is 2.77. The van der Waals surface area contributed by atoms with E-state index in [1.54, 1.807) is 18.2 Å². The Bertz CT molecular complexity index is 718. The number of carbonyl (C=O) groups excluding carboxylic acids is 1. The maximum absolute atomic E-state index is 12.4. The van der Waals surface area contributed by atoms with Gasteiger partial charge in [0.15, 0.2) is 0 Å². The Kier molecular flexibility index (Phi) is 6.28. The van der Waals surface area contributed by atoms with Gasteiger partial charge in [-0.25, -0.2) is 14.2 Å². The molecule has 0 aliphatic rings. The van der Waals surface area contributed by atoms with Crippen LogP contribution in [0.5, 0.6) is 0 Å². The first kappa shape index (κ1) is 19.1. The molecule has 2 N–H and O–H groups in total. The van der Waals surface area contributed by atoms with Crippen LogP contribution in [-0.4, -0.2) is 33.8 Å². The van der Waals surface area contributed by atoms with Gasteiger partial charge in [0.1, 0.15) is 0 Å². The van der Waals surface area contributed by atoms with Crippen molar-refractivity contribution >= 4 is 50.7 Å². The first-order valence-electron chi connectivity index (χ1n) is 5.77. The topological polar surface area (TPSA) is 79.3 Å². The van der Waals surface area contributed by atoms with Gasteiger partial charge in [0.05, 0.1) is 15.2 Å². The summed E-state index contributed by atoms with van der Waals surface area (Å²) in [5.74, 6) is -3.62. The Morgan fingerprint density at radius 3 is 2.43 bits per heavy atom. The Morgan fingerprint density at radius 1 is 1.39 bits per heavy atom. The van der Waals surface area contributed by atoms with Gasteiger partial charge in [-0.2, -0.15) is 13.2 Å². The maximum atomic E-state index is 12.4. The molecule has 0 aliphatic carbocycles. The first-order chi connectivity index (χ1) is 10.5. The molecule has 1 aromatic carbocycles. The van der Waals surface area contributed by atoms with E-state index in [0.29, 0.717) is 5.69 Å². The predicted octanol–water partition coefficient (Wildman–Crippen LogP) is 3.71. The van der Waals surface area contributed by atoms with Crippen LogP contribution in [0.4, 0.5) is 23.2 Å². The SMILES string of the molecule is Cc1nc2ccc(NC(=O)C(F)Cl)cc2s1.O=C(O)C(F)(F)F. The van der Waals surface area contributed by atoms with E-state index in [0.717, 1.165) is 15.2 Å². The van der Waals surface area contributed by atoms with Crippen molar-refractivity contribution in [2.45, 2.75) is 18.7 Å². The van der Waals surface area contributed by atoms with Gasteiger partial charge in [-0.1, -0.05) is 11.6 Å². The number of alkyl halides is 5. The molecule has 0 saturated carbocycles. The summed E-state index contributed by atoms with van der Waals surface area (Å²) in [6, 6.07) is 5.19. The van der Waals surface area contributed by atoms with E-state index in [-0.39, 0.29) is 0 Å². The number of nitrogens with one attached hydrogen (secondary N) is 1. The summed E-state index contributed by atoms with van der Waals surface area (Å²) >= 11 is 6.52. The van der Waals surface area contributed by atoms with Crippen molar-refractivity contribution in [2.75, 3.05) is 5.32 Å². The van der Waals surface area contributed by atoms with Crippen LogP contribution in [0.15, 0.2) is 18.2 Å². The van der Waals surface area contributed by atoms with Crippen LogP contribution in [0, 0.1) is 6.92 Å². The number of aliphatic carboxylic acids is 1. The lowest BCUT2D eigenvalue weighted by atomic mass is 10.3. The highest BCUT2D eigenvalue weighted by atomic mass is 35.5. The molecule has 1 unspecified atom stereocenters. The number of rotatable bonds is 2. The Hall–Kier alpha value is -1.94. The number of benzene rings is 1. The smallest absolute Gasteiger partial charge is 0.475 e. The standard InChI is InChI=1S/C10H8ClFN2OS.C2HF3O2/c1-5-13-7-3-2-6(4-8(7)16-5)14-10(15)9(11)12;3-2(4,5)1(6)7/h2-4,9H,1H3,(H,14,15);(H,6,7). The fourth-order valence-electron chi connectivity index (χ4n) is 1.31. The van der Waals surface area contributed by atoms with Crippen LogP contribution in [0.25, 0.3) is 10.2 Å². The molecule has 5 nitrogen and oxygen atoms in total. The van der Waals surface area contributed by atoms with Crippen molar-refractivity contribution in [1.82, 2.24) is 4.98 Å². The van der Waals surface area contributed by atoms with Gasteiger partial charge >= 0.3 is 12.1 Å². The predicted molar refractivity (Wildman–Crippen MR) is 77.4 cm³/mol. The van der Waals surface area contributed by atoms with Crippen LogP contribution in [-0.2, 0) is 9.59 Å². The number of halogens is 5. The number of hydrogen-bond donors (Lipinski definition) is 2. The molecule has 0 bridgehead atoms. The minimum Gasteiger partial charge on any atom is -0.475 e. The molecule has 0 fully saturated rings. The van der Waals surface area contributed by atoms with E-state index < -0.39 is 23.7 Å². The molecule has 2 rings (SSSR count). The van der Waals surface area contributed by atoms with Gasteiger partial charge in [-0.05, 0) is 25.1 Å². The maximum Gasteiger partial charge on any atom is 0.490 e. The van der Waals surface area contributed by atoms with Gasteiger partial charge in [-0.15, -0.1) is 11.3 Å². The number of fused-ring (bicyclic) bond motifs is 1. The number of aromatic nitrogens is 1. The number of carboxylic acids is 1. The summed E-state index contributed by atoms with van der Waals surface area (Å²) in [6.07, 6.45) is -5.08. The summed E-state index contributed by atoms with van der Waals surface area (Å²) < 4.78 is 45.1. The second-order valence-corrected chi connectivity index (χ2v) is 5.63. The lowest BCUT2D eigenvalue weighted by Gasteiger charge is -2.03. The zero-order valence-corrected chi connectivity index (χ0v) is 12.9. The fourth-order valence-corrected chi connectivity index (χ4v) is 2.24. The highest BCUT2D eigenvalue weighted by Crippen LogP contribution is 2.24. The number of nitrogens with zero attached hydrogens (tertiary/aromatic N) is 1. The van der Waals surface area contributed by atoms with Gasteiger partial charge in [-0.3, -0.25) is 4.79 Å². The summed E-state index contributed by atoms with van der Waals surface area (Å²) in [7, 11) is 0. The second kappa shape index (κ2) is 7.55. The monoisotopic (exact) mass is 372 g/mol. The lowest BCUT2D eigenvalue weighted by molar-refractivity contribution is -0.192. The Labute approximate surface area is 135 Å². The molecular weight excluding hydrogens is 364 g/mol. The summed E-state index contributed by atoms with van der Waals surface area (Å²) in [6.45, 7) is 1.90. The van der Waals surface area contributed by atoms with Crippen molar-refractivity contribution in [2.24, 2.45) is 0 Å². The van der Waals surface area contributed by atoms with E-state index in [2.05, 4.69) is 10.3 Å². The molecule has 0 spiro atoms. The van der Waals surface area contributed by atoms with Crippen LogP contribution >= 0.6 is 22.9 Å². The van der Waals surface area contributed by atoms with Crippen LogP contribution in [0.1, 0.15) is 5.01 Å².